The quantitative estimate of drug-likeness (QED) is 0.440. The Labute approximate surface area is 210 Å². The summed E-state index contributed by atoms with van der Waals surface area (Å²) in [5.74, 6) is 2.68. The van der Waals surface area contributed by atoms with Crippen molar-refractivity contribution in [2.75, 3.05) is 69.0 Å². The number of benzene rings is 2. The Morgan fingerprint density at radius 3 is 1.89 bits per heavy atom. The van der Waals surface area contributed by atoms with Gasteiger partial charge in [-0.1, -0.05) is 0 Å². The minimum Gasteiger partial charge on any atom is -0.494 e. The first-order chi connectivity index (χ1) is 17.8. The maximum atomic E-state index is 6.06. The van der Waals surface area contributed by atoms with Crippen LogP contribution in [0.4, 0.5) is 17.6 Å². The van der Waals surface area contributed by atoms with Crippen LogP contribution in [-0.4, -0.2) is 80.4 Å². The summed E-state index contributed by atoms with van der Waals surface area (Å²) in [5.41, 5.74) is 1.81. The summed E-state index contributed by atoms with van der Waals surface area (Å²) in [7, 11) is 0. The van der Waals surface area contributed by atoms with E-state index >= 15 is 0 Å². The van der Waals surface area contributed by atoms with Crippen LogP contribution < -0.4 is 19.3 Å². The van der Waals surface area contributed by atoms with Gasteiger partial charge < -0.3 is 28.7 Å². The topological polar surface area (TPSA) is 94.4 Å². The van der Waals surface area contributed by atoms with E-state index in [9.17, 15) is 0 Å². The lowest BCUT2D eigenvalue weighted by molar-refractivity contribution is 0.121. The SMILES string of the molecule is CCOc1ccc(N=Cc2ccc(Oc3nc(N4CCOCC4)nc(N4CCOCC4)n3)cc2)cc1. The zero-order valence-corrected chi connectivity index (χ0v) is 20.4. The highest BCUT2D eigenvalue weighted by Crippen LogP contribution is 2.24. The number of anilines is 2. The molecule has 1 aromatic heterocycles. The first-order valence-corrected chi connectivity index (χ1v) is 12.2. The summed E-state index contributed by atoms with van der Waals surface area (Å²) >= 11 is 0. The average molecular weight is 491 g/mol. The summed E-state index contributed by atoms with van der Waals surface area (Å²) in [6, 6.07) is 15.6. The maximum absolute atomic E-state index is 6.06. The van der Waals surface area contributed by atoms with Crippen LogP contribution in [0.25, 0.3) is 0 Å². The summed E-state index contributed by atoms with van der Waals surface area (Å²) in [5, 5.41) is 0. The third-order valence-electron chi connectivity index (χ3n) is 5.78. The van der Waals surface area contributed by atoms with Crippen molar-refractivity contribution in [2.45, 2.75) is 6.92 Å². The molecule has 0 saturated carbocycles. The van der Waals surface area contributed by atoms with E-state index in [1.165, 1.54) is 0 Å². The molecule has 0 unspecified atom stereocenters. The number of aliphatic imine (C=N–C) groups is 1. The van der Waals surface area contributed by atoms with Gasteiger partial charge in [-0.3, -0.25) is 4.99 Å². The van der Waals surface area contributed by atoms with Crippen LogP contribution in [0.15, 0.2) is 53.5 Å². The van der Waals surface area contributed by atoms with E-state index in [0.29, 0.717) is 50.7 Å². The van der Waals surface area contributed by atoms with Gasteiger partial charge in [-0.15, -0.1) is 0 Å². The van der Waals surface area contributed by atoms with Crippen molar-refractivity contribution >= 4 is 23.8 Å². The normalized spacial score (nSPS) is 16.4. The van der Waals surface area contributed by atoms with Gasteiger partial charge in [0.25, 0.3) is 0 Å². The van der Waals surface area contributed by atoms with Crippen LogP contribution >= 0.6 is 0 Å². The Morgan fingerprint density at radius 2 is 1.33 bits per heavy atom. The number of hydrogen-bond donors (Lipinski definition) is 0. The van der Waals surface area contributed by atoms with Crippen molar-refractivity contribution in [1.82, 2.24) is 15.0 Å². The third-order valence-corrected chi connectivity index (χ3v) is 5.78. The standard InChI is InChI=1S/C26H30N6O4/c1-2-35-22-9-5-21(6-10-22)27-19-20-3-7-23(8-4-20)36-26-29-24(31-11-15-33-16-12-31)28-25(30-26)32-13-17-34-18-14-32/h3-10,19H,2,11-18H2,1H3. The van der Waals surface area contributed by atoms with E-state index in [-0.39, 0.29) is 6.01 Å². The van der Waals surface area contributed by atoms with Crippen LogP contribution in [0.2, 0.25) is 0 Å². The molecule has 0 aliphatic carbocycles. The number of ether oxygens (including phenoxy) is 4. The van der Waals surface area contributed by atoms with E-state index < -0.39 is 0 Å². The Morgan fingerprint density at radius 1 is 0.778 bits per heavy atom. The summed E-state index contributed by atoms with van der Waals surface area (Å²) in [6.07, 6.45) is 1.81. The first kappa shape index (κ1) is 24.0. The predicted octanol–water partition coefficient (Wildman–Crippen LogP) is 3.49. The number of nitrogens with zero attached hydrogens (tertiary/aromatic N) is 6. The van der Waals surface area contributed by atoms with Crippen LogP contribution in [0.5, 0.6) is 17.5 Å². The van der Waals surface area contributed by atoms with Gasteiger partial charge in [0.15, 0.2) is 0 Å². The first-order valence-electron chi connectivity index (χ1n) is 12.2. The second kappa shape index (κ2) is 11.8. The van der Waals surface area contributed by atoms with Gasteiger partial charge >= 0.3 is 6.01 Å². The van der Waals surface area contributed by atoms with Crippen LogP contribution in [-0.2, 0) is 9.47 Å². The Hall–Kier alpha value is -3.76. The van der Waals surface area contributed by atoms with Crippen molar-refractivity contribution < 1.29 is 18.9 Å². The molecule has 2 saturated heterocycles. The minimum absolute atomic E-state index is 0.267. The molecule has 0 radical (unpaired) electrons. The van der Waals surface area contributed by atoms with Gasteiger partial charge in [0.2, 0.25) is 11.9 Å². The lowest BCUT2D eigenvalue weighted by Crippen LogP contribution is -2.40. The van der Waals surface area contributed by atoms with E-state index in [0.717, 1.165) is 43.2 Å². The highest BCUT2D eigenvalue weighted by Gasteiger charge is 2.21. The Kier molecular flexibility index (Phi) is 7.84. The molecule has 2 aromatic carbocycles. The lowest BCUT2D eigenvalue weighted by Gasteiger charge is -2.30. The third kappa shape index (κ3) is 6.27. The van der Waals surface area contributed by atoms with Gasteiger partial charge in [0.1, 0.15) is 11.5 Å². The zero-order valence-electron chi connectivity index (χ0n) is 20.4. The van der Waals surface area contributed by atoms with Crippen LogP contribution in [0.1, 0.15) is 12.5 Å². The van der Waals surface area contributed by atoms with Gasteiger partial charge in [-0.05, 0) is 61.0 Å². The molecule has 0 spiro atoms. The summed E-state index contributed by atoms with van der Waals surface area (Å²) in [6.45, 7) is 8.12. The number of aromatic nitrogens is 3. The van der Waals surface area contributed by atoms with Gasteiger partial charge in [0, 0.05) is 32.4 Å². The molecule has 5 rings (SSSR count). The molecule has 10 heteroatoms. The molecule has 3 aromatic rings. The number of morpholine rings is 2. The molecular weight excluding hydrogens is 460 g/mol. The molecule has 10 nitrogen and oxygen atoms in total. The molecule has 0 atom stereocenters. The van der Waals surface area contributed by atoms with Crippen molar-refractivity contribution in [3.8, 4) is 17.5 Å². The molecule has 0 N–H and O–H groups in total. The highest BCUT2D eigenvalue weighted by atomic mass is 16.5. The fourth-order valence-corrected chi connectivity index (χ4v) is 3.86. The van der Waals surface area contributed by atoms with Crippen molar-refractivity contribution in [3.05, 3.63) is 54.1 Å². The summed E-state index contributed by atoms with van der Waals surface area (Å²) < 4.78 is 22.5. The molecule has 188 valence electrons. The second-order valence-corrected chi connectivity index (χ2v) is 8.27. The smallest absolute Gasteiger partial charge is 0.328 e. The largest absolute Gasteiger partial charge is 0.494 e. The predicted molar refractivity (Wildman–Crippen MR) is 137 cm³/mol. The molecule has 2 fully saturated rings. The Bertz CT molecular complexity index is 1110. The van der Waals surface area contributed by atoms with Crippen molar-refractivity contribution in [2.24, 2.45) is 4.99 Å². The monoisotopic (exact) mass is 490 g/mol. The molecule has 2 aliphatic rings. The minimum atomic E-state index is 0.267. The molecule has 36 heavy (non-hydrogen) atoms. The average Bonchev–Trinajstić information content (AvgIpc) is 2.94. The molecular formula is C26H30N6O4. The van der Waals surface area contributed by atoms with E-state index in [1.54, 1.807) is 0 Å². The van der Waals surface area contributed by atoms with E-state index in [2.05, 4.69) is 24.8 Å². The van der Waals surface area contributed by atoms with Crippen molar-refractivity contribution in [1.29, 1.82) is 0 Å². The van der Waals surface area contributed by atoms with E-state index in [4.69, 9.17) is 23.9 Å². The van der Waals surface area contributed by atoms with Crippen molar-refractivity contribution in [3.63, 3.8) is 0 Å². The fraction of sp³-hybridized carbons (Fsp3) is 0.385. The Balaban J connectivity index is 1.30. The molecule has 2 aliphatic heterocycles. The van der Waals surface area contributed by atoms with Crippen LogP contribution in [0, 0.1) is 0 Å². The fourth-order valence-electron chi connectivity index (χ4n) is 3.86. The van der Waals surface area contributed by atoms with Gasteiger partial charge in [-0.2, -0.15) is 15.0 Å². The van der Waals surface area contributed by atoms with Gasteiger partial charge in [0.05, 0.1) is 38.7 Å². The zero-order chi connectivity index (χ0) is 24.6. The van der Waals surface area contributed by atoms with E-state index in [1.807, 2.05) is 61.7 Å². The van der Waals surface area contributed by atoms with Gasteiger partial charge in [-0.25, -0.2) is 0 Å². The summed E-state index contributed by atoms with van der Waals surface area (Å²) in [4.78, 5) is 22.6. The molecule has 0 bridgehead atoms. The number of hydrogen-bond acceptors (Lipinski definition) is 10. The number of rotatable bonds is 8. The van der Waals surface area contributed by atoms with Crippen LogP contribution in [0.3, 0.4) is 0 Å². The highest BCUT2D eigenvalue weighted by molar-refractivity contribution is 5.82. The maximum Gasteiger partial charge on any atom is 0.328 e. The molecule has 3 heterocycles. The lowest BCUT2D eigenvalue weighted by atomic mass is 10.2. The molecule has 0 amide bonds. The second-order valence-electron chi connectivity index (χ2n) is 8.27.